The quantitative estimate of drug-likeness (QED) is 0.877. The van der Waals surface area contributed by atoms with Gasteiger partial charge in [0.2, 0.25) is 0 Å². The van der Waals surface area contributed by atoms with E-state index in [1.54, 1.807) is 11.3 Å². The third kappa shape index (κ3) is 3.09. The van der Waals surface area contributed by atoms with Crippen molar-refractivity contribution in [3.8, 4) is 0 Å². The van der Waals surface area contributed by atoms with Gasteiger partial charge in [-0.2, -0.15) is 11.3 Å². The van der Waals surface area contributed by atoms with Crippen LogP contribution in [0.2, 0.25) is 0 Å². The van der Waals surface area contributed by atoms with E-state index in [0.717, 1.165) is 17.4 Å². The van der Waals surface area contributed by atoms with Crippen molar-refractivity contribution in [2.45, 2.75) is 13.3 Å². The molecule has 1 aromatic heterocycles. The molecule has 0 spiro atoms. The van der Waals surface area contributed by atoms with Gasteiger partial charge in [0.25, 0.3) is 0 Å². The first-order valence-corrected chi connectivity index (χ1v) is 7.00. The highest BCUT2D eigenvalue weighted by molar-refractivity contribution is 9.10. The number of thiophene rings is 1. The molecule has 0 atom stereocenters. The predicted octanol–water partition coefficient (Wildman–Crippen LogP) is 4.47. The van der Waals surface area contributed by atoms with Gasteiger partial charge in [0.15, 0.2) is 0 Å². The molecule has 1 nitrogen and oxygen atoms in total. The third-order valence-electron chi connectivity index (χ3n) is 2.49. The van der Waals surface area contributed by atoms with Gasteiger partial charge in [0, 0.05) is 16.7 Å². The minimum atomic E-state index is 0.978. The Balaban J connectivity index is 1.87. The van der Waals surface area contributed by atoms with Crippen molar-refractivity contribution < 1.29 is 0 Å². The maximum absolute atomic E-state index is 3.54. The zero-order valence-electron chi connectivity index (χ0n) is 9.16. The summed E-state index contributed by atoms with van der Waals surface area (Å²) in [4.78, 5) is 0. The van der Waals surface area contributed by atoms with Crippen molar-refractivity contribution in [3.05, 3.63) is 50.6 Å². The van der Waals surface area contributed by atoms with Crippen molar-refractivity contribution in [2.24, 2.45) is 0 Å². The molecular weight excluding hydrogens is 282 g/mol. The van der Waals surface area contributed by atoms with Gasteiger partial charge in [-0.15, -0.1) is 0 Å². The van der Waals surface area contributed by atoms with E-state index in [2.05, 4.69) is 63.2 Å². The molecule has 0 saturated heterocycles. The Labute approximate surface area is 109 Å². The molecule has 0 unspecified atom stereocenters. The second kappa shape index (κ2) is 5.51. The van der Waals surface area contributed by atoms with Crippen molar-refractivity contribution in [1.29, 1.82) is 0 Å². The lowest BCUT2D eigenvalue weighted by Crippen LogP contribution is -2.04. The van der Waals surface area contributed by atoms with E-state index in [9.17, 15) is 0 Å². The molecule has 84 valence electrons. The molecule has 0 fully saturated rings. The number of hydrogen-bond acceptors (Lipinski definition) is 2. The second-order valence-electron chi connectivity index (χ2n) is 3.77. The molecule has 1 N–H and O–H groups in total. The minimum Gasteiger partial charge on any atom is -0.385 e. The number of anilines is 1. The van der Waals surface area contributed by atoms with Crippen LogP contribution in [0.1, 0.15) is 11.1 Å². The Morgan fingerprint density at radius 3 is 2.88 bits per heavy atom. The third-order valence-corrected chi connectivity index (χ3v) is 4.08. The summed E-state index contributed by atoms with van der Waals surface area (Å²) in [6.45, 7) is 3.07. The van der Waals surface area contributed by atoms with Crippen molar-refractivity contribution in [3.63, 3.8) is 0 Å². The molecule has 0 bridgehead atoms. The Morgan fingerprint density at radius 1 is 1.31 bits per heavy atom. The molecule has 3 heteroatoms. The van der Waals surface area contributed by atoms with Crippen LogP contribution >= 0.6 is 27.3 Å². The van der Waals surface area contributed by atoms with Gasteiger partial charge in [0.05, 0.1) is 0 Å². The van der Waals surface area contributed by atoms with E-state index in [1.807, 2.05) is 0 Å². The lowest BCUT2D eigenvalue weighted by Gasteiger charge is -2.07. The molecular formula is C13H14BrNS. The average Bonchev–Trinajstić information content (AvgIpc) is 2.76. The zero-order valence-corrected chi connectivity index (χ0v) is 11.6. The largest absolute Gasteiger partial charge is 0.385 e. The van der Waals surface area contributed by atoms with Crippen LogP contribution in [-0.2, 0) is 6.42 Å². The van der Waals surface area contributed by atoms with Gasteiger partial charge in [-0.3, -0.25) is 0 Å². The summed E-state index contributed by atoms with van der Waals surface area (Å²) in [6.07, 6.45) is 1.08. The van der Waals surface area contributed by atoms with E-state index in [4.69, 9.17) is 0 Å². The summed E-state index contributed by atoms with van der Waals surface area (Å²) in [6, 6.07) is 8.55. The maximum atomic E-state index is 3.54. The maximum Gasteiger partial charge on any atom is 0.0351 e. The fourth-order valence-electron chi connectivity index (χ4n) is 1.49. The molecule has 0 aliphatic heterocycles. The summed E-state index contributed by atoms with van der Waals surface area (Å²) in [5, 5.41) is 7.75. The molecule has 1 aromatic carbocycles. The zero-order chi connectivity index (χ0) is 11.4. The molecule has 0 aliphatic carbocycles. The summed E-state index contributed by atoms with van der Waals surface area (Å²) >= 11 is 5.29. The number of halogens is 1. The van der Waals surface area contributed by atoms with Gasteiger partial charge in [-0.1, -0.05) is 22.0 Å². The van der Waals surface area contributed by atoms with Crippen molar-refractivity contribution >= 4 is 33.0 Å². The molecule has 16 heavy (non-hydrogen) atoms. The van der Waals surface area contributed by atoms with E-state index in [-0.39, 0.29) is 0 Å². The SMILES string of the molecule is Cc1ccc(NCCc2ccsc2)cc1Br. The Hall–Kier alpha value is -0.800. The first-order chi connectivity index (χ1) is 7.75. The molecule has 2 aromatic rings. The Bertz CT molecular complexity index is 451. The fourth-order valence-corrected chi connectivity index (χ4v) is 2.57. The molecule has 0 saturated carbocycles. The Kier molecular flexibility index (Phi) is 4.02. The fraction of sp³-hybridized carbons (Fsp3) is 0.231. The lowest BCUT2D eigenvalue weighted by molar-refractivity contribution is 1.03. The minimum absolute atomic E-state index is 0.978. The summed E-state index contributed by atoms with van der Waals surface area (Å²) < 4.78 is 1.16. The summed E-state index contributed by atoms with van der Waals surface area (Å²) in [7, 11) is 0. The van der Waals surface area contributed by atoms with Crippen LogP contribution in [0.3, 0.4) is 0 Å². The summed E-state index contributed by atoms with van der Waals surface area (Å²) in [5.74, 6) is 0. The standard InChI is InChI=1S/C13H14BrNS/c1-10-2-3-12(8-13(10)14)15-6-4-11-5-7-16-9-11/h2-3,5,7-9,15H,4,6H2,1H3. The van der Waals surface area contributed by atoms with E-state index < -0.39 is 0 Å². The Morgan fingerprint density at radius 2 is 2.19 bits per heavy atom. The van der Waals surface area contributed by atoms with Crippen molar-refractivity contribution in [1.82, 2.24) is 0 Å². The van der Waals surface area contributed by atoms with Crippen LogP contribution in [0.5, 0.6) is 0 Å². The van der Waals surface area contributed by atoms with Crippen LogP contribution in [-0.4, -0.2) is 6.54 Å². The van der Waals surface area contributed by atoms with Crippen molar-refractivity contribution in [2.75, 3.05) is 11.9 Å². The van der Waals surface area contributed by atoms with E-state index in [0.29, 0.717) is 0 Å². The van der Waals surface area contributed by atoms with Gasteiger partial charge in [0.1, 0.15) is 0 Å². The molecule has 1 heterocycles. The van der Waals surface area contributed by atoms with E-state index >= 15 is 0 Å². The van der Waals surface area contributed by atoms with Gasteiger partial charge < -0.3 is 5.32 Å². The number of rotatable bonds is 4. The van der Waals surface area contributed by atoms with Gasteiger partial charge in [-0.05, 0) is 53.4 Å². The summed E-state index contributed by atoms with van der Waals surface area (Å²) in [5.41, 5.74) is 3.85. The number of aryl methyl sites for hydroxylation is 1. The molecule has 2 rings (SSSR count). The van der Waals surface area contributed by atoms with Crippen LogP contribution in [0.25, 0.3) is 0 Å². The monoisotopic (exact) mass is 295 g/mol. The molecule has 0 aliphatic rings. The van der Waals surface area contributed by atoms with Gasteiger partial charge >= 0.3 is 0 Å². The average molecular weight is 296 g/mol. The predicted molar refractivity (Wildman–Crippen MR) is 75.4 cm³/mol. The van der Waals surface area contributed by atoms with E-state index in [1.165, 1.54) is 16.8 Å². The smallest absolute Gasteiger partial charge is 0.0351 e. The normalized spacial score (nSPS) is 10.4. The van der Waals surface area contributed by atoms with Gasteiger partial charge in [-0.25, -0.2) is 0 Å². The number of hydrogen-bond donors (Lipinski definition) is 1. The molecule has 0 radical (unpaired) electrons. The highest BCUT2D eigenvalue weighted by atomic mass is 79.9. The van der Waals surface area contributed by atoms with Crippen LogP contribution in [0.15, 0.2) is 39.5 Å². The first kappa shape index (κ1) is 11.7. The first-order valence-electron chi connectivity index (χ1n) is 5.27. The number of benzene rings is 1. The molecule has 0 amide bonds. The topological polar surface area (TPSA) is 12.0 Å². The van der Waals surface area contributed by atoms with Crippen LogP contribution in [0, 0.1) is 6.92 Å². The van der Waals surface area contributed by atoms with Crippen LogP contribution < -0.4 is 5.32 Å². The second-order valence-corrected chi connectivity index (χ2v) is 5.41. The van der Waals surface area contributed by atoms with Crippen LogP contribution in [0.4, 0.5) is 5.69 Å². The highest BCUT2D eigenvalue weighted by Crippen LogP contribution is 2.20. The highest BCUT2D eigenvalue weighted by Gasteiger charge is 1.97. The number of nitrogens with one attached hydrogen (secondary N) is 1. The lowest BCUT2D eigenvalue weighted by atomic mass is 10.2.